The highest BCUT2D eigenvalue weighted by Gasteiger charge is 2.36. The van der Waals surface area contributed by atoms with Gasteiger partial charge in [-0.1, -0.05) is 18.2 Å². The molecule has 134 valence electrons. The molecule has 1 aromatic carbocycles. The van der Waals surface area contributed by atoms with Crippen LogP contribution in [0, 0.1) is 0 Å². The molecular formula is C18H19N5O3. The lowest BCUT2D eigenvalue weighted by atomic mass is 10.3. The Morgan fingerprint density at radius 3 is 2.77 bits per heavy atom. The number of aliphatic hydroxyl groups excluding tert-OH is 1. The van der Waals surface area contributed by atoms with Crippen molar-refractivity contribution >= 4 is 5.91 Å². The molecule has 8 heteroatoms. The number of amides is 1. The summed E-state index contributed by atoms with van der Waals surface area (Å²) >= 11 is 0. The van der Waals surface area contributed by atoms with Gasteiger partial charge in [-0.05, 0) is 18.2 Å². The Kier molecular flexibility index (Phi) is 4.18. The molecule has 2 aromatic heterocycles. The molecule has 0 bridgehead atoms. The van der Waals surface area contributed by atoms with Gasteiger partial charge in [0, 0.05) is 13.2 Å². The molecule has 26 heavy (non-hydrogen) atoms. The predicted molar refractivity (Wildman–Crippen MR) is 93.1 cm³/mol. The van der Waals surface area contributed by atoms with Crippen LogP contribution in [-0.2, 0) is 7.05 Å². The number of carbonyl (C=O) groups is 1. The average Bonchev–Trinajstić information content (AvgIpc) is 3.37. The Balaban J connectivity index is 1.45. The zero-order valence-corrected chi connectivity index (χ0v) is 14.3. The first-order valence-electron chi connectivity index (χ1n) is 8.34. The lowest BCUT2D eigenvalue weighted by Crippen LogP contribution is -2.31. The van der Waals surface area contributed by atoms with Crippen LogP contribution in [0.25, 0.3) is 5.69 Å². The van der Waals surface area contributed by atoms with Crippen LogP contribution in [0.2, 0.25) is 0 Å². The van der Waals surface area contributed by atoms with Crippen molar-refractivity contribution in [3.05, 3.63) is 60.7 Å². The maximum Gasteiger partial charge on any atom is 0.274 e. The van der Waals surface area contributed by atoms with E-state index in [2.05, 4.69) is 10.2 Å². The van der Waals surface area contributed by atoms with Gasteiger partial charge in [0.15, 0.2) is 11.4 Å². The van der Waals surface area contributed by atoms with Crippen LogP contribution in [0.5, 0.6) is 5.75 Å². The number of nitrogens with zero attached hydrogens (tertiary/aromatic N) is 5. The standard InChI is InChI=1S/C18H19N5O3/c1-21-10-14(9-19-21)26-17-12-22(11-16(17)24)18(25)15-7-8-23(20-15)13-5-3-2-4-6-13/h2-10,16-17,24H,11-12H2,1H3/t16-,17-/m1/s1. The molecule has 1 saturated heterocycles. The smallest absolute Gasteiger partial charge is 0.274 e. The Hall–Kier alpha value is -3.13. The monoisotopic (exact) mass is 353 g/mol. The number of para-hydroxylation sites is 1. The highest BCUT2D eigenvalue weighted by Crippen LogP contribution is 2.20. The number of rotatable bonds is 4. The summed E-state index contributed by atoms with van der Waals surface area (Å²) in [6, 6.07) is 11.3. The summed E-state index contributed by atoms with van der Waals surface area (Å²) in [7, 11) is 1.79. The molecule has 0 unspecified atom stereocenters. The van der Waals surface area contributed by atoms with Gasteiger partial charge in [0.2, 0.25) is 0 Å². The number of hydrogen-bond donors (Lipinski definition) is 1. The van der Waals surface area contributed by atoms with Gasteiger partial charge in [-0.2, -0.15) is 10.2 Å². The van der Waals surface area contributed by atoms with Crippen LogP contribution < -0.4 is 4.74 Å². The minimum atomic E-state index is -0.754. The van der Waals surface area contributed by atoms with Crippen molar-refractivity contribution in [2.75, 3.05) is 13.1 Å². The fourth-order valence-electron chi connectivity index (χ4n) is 3.00. The van der Waals surface area contributed by atoms with E-state index in [-0.39, 0.29) is 12.5 Å². The zero-order valence-electron chi connectivity index (χ0n) is 14.3. The summed E-state index contributed by atoms with van der Waals surface area (Å²) in [5.41, 5.74) is 1.22. The number of hydrogen-bond acceptors (Lipinski definition) is 5. The molecule has 1 aliphatic heterocycles. The summed E-state index contributed by atoms with van der Waals surface area (Å²) in [5, 5.41) is 18.6. The normalized spacial score (nSPS) is 19.7. The molecule has 3 heterocycles. The van der Waals surface area contributed by atoms with Crippen LogP contribution in [0.4, 0.5) is 0 Å². The number of ether oxygens (including phenoxy) is 1. The SMILES string of the molecule is Cn1cc(O[C@@H]2CN(C(=O)c3ccn(-c4ccccc4)n3)C[C@H]2O)cn1. The van der Waals surface area contributed by atoms with E-state index in [9.17, 15) is 9.90 Å². The fraction of sp³-hybridized carbons (Fsp3) is 0.278. The molecule has 1 N–H and O–H groups in total. The summed E-state index contributed by atoms with van der Waals surface area (Å²) in [6.07, 6.45) is 3.81. The molecule has 2 atom stereocenters. The van der Waals surface area contributed by atoms with Gasteiger partial charge in [-0.25, -0.2) is 4.68 Å². The minimum absolute atomic E-state index is 0.210. The summed E-state index contributed by atoms with van der Waals surface area (Å²) in [6.45, 7) is 0.509. The van der Waals surface area contributed by atoms with Crippen LogP contribution >= 0.6 is 0 Å². The maximum atomic E-state index is 12.7. The van der Waals surface area contributed by atoms with Crippen LogP contribution in [0.3, 0.4) is 0 Å². The number of likely N-dealkylation sites (tertiary alicyclic amines) is 1. The quantitative estimate of drug-likeness (QED) is 0.752. The van der Waals surface area contributed by atoms with E-state index in [0.717, 1.165) is 5.69 Å². The molecule has 4 rings (SSSR count). The van der Waals surface area contributed by atoms with E-state index in [0.29, 0.717) is 18.0 Å². The van der Waals surface area contributed by atoms with Gasteiger partial charge < -0.3 is 14.7 Å². The van der Waals surface area contributed by atoms with Crippen molar-refractivity contribution in [3.63, 3.8) is 0 Å². The van der Waals surface area contributed by atoms with Gasteiger partial charge in [-0.15, -0.1) is 0 Å². The third-order valence-electron chi connectivity index (χ3n) is 4.32. The van der Waals surface area contributed by atoms with Crippen molar-refractivity contribution in [1.29, 1.82) is 0 Å². The van der Waals surface area contributed by atoms with Crippen molar-refractivity contribution in [1.82, 2.24) is 24.5 Å². The average molecular weight is 353 g/mol. The molecule has 0 radical (unpaired) electrons. The van der Waals surface area contributed by atoms with Crippen molar-refractivity contribution in [3.8, 4) is 11.4 Å². The first-order valence-corrected chi connectivity index (χ1v) is 8.34. The summed E-state index contributed by atoms with van der Waals surface area (Å²) in [4.78, 5) is 14.3. The molecular weight excluding hydrogens is 334 g/mol. The number of aliphatic hydroxyl groups is 1. The first kappa shape index (κ1) is 16.3. The van der Waals surface area contributed by atoms with Crippen molar-refractivity contribution in [2.45, 2.75) is 12.2 Å². The molecule has 3 aromatic rings. The highest BCUT2D eigenvalue weighted by atomic mass is 16.5. The van der Waals surface area contributed by atoms with Crippen molar-refractivity contribution < 1.29 is 14.6 Å². The molecule has 0 spiro atoms. The van der Waals surface area contributed by atoms with E-state index >= 15 is 0 Å². The van der Waals surface area contributed by atoms with Gasteiger partial charge >= 0.3 is 0 Å². The lowest BCUT2D eigenvalue weighted by molar-refractivity contribution is 0.0728. The Morgan fingerprint density at radius 1 is 1.23 bits per heavy atom. The third-order valence-corrected chi connectivity index (χ3v) is 4.32. The maximum absolute atomic E-state index is 12.7. The van der Waals surface area contributed by atoms with Gasteiger partial charge in [-0.3, -0.25) is 9.48 Å². The number of β-amino-alcohol motifs (C(OH)–C–C–N with tert-alkyl or cyclic N) is 1. The minimum Gasteiger partial charge on any atom is -0.482 e. The topological polar surface area (TPSA) is 85.4 Å². The molecule has 0 aliphatic carbocycles. The van der Waals surface area contributed by atoms with Gasteiger partial charge in [0.1, 0.15) is 12.2 Å². The fourth-order valence-corrected chi connectivity index (χ4v) is 3.00. The Bertz CT molecular complexity index is 904. The zero-order chi connectivity index (χ0) is 18.1. The second-order valence-electron chi connectivity index (χ2n) is 6.26. The summed E-state index contributed by atoms with van der Waals surface area (Å²) < 4.78 is 9.02. The number of aromatic nitrogens is 4. The number of benzene rings is 1. The molecule has 1 aliphatic rings. The third kappa shape index (κ3) is 3.18. The van der Waals surface area contributed by atoms with E-state index in [1.54, 1.807) is 46.0 Å². The van der Waals surface area contributed by atoms with Crippen LogP contribution in [0.1, 0.15) is 10.5 Å². The van der Waals surface area contributed by atoms with Crippen molar-refractivity contribution in [2.24, 2.45) is 7.05 Å². The Labute approximate surface area is 150 Å². The highest BCUT2D eigenvalue weighted by molar-refractivity contribution is 5.92. The first-order chi connectivity index (χ1) is 12.6. The Morgan fingerprint density at radius 2 is 2.04 bits per heavy atom. The molecule has 0 saturated carbocycles. The van der Waals surface area contributed by atoms with E-state index in [4.69, 9.17) is 4.74 Å². The largest absolute Gasteiger partial charge is 0.482 e. The number of aryl methyl sites for hydroxylation is 1. The molecule has 1 amide bonds. The second-order valence-corrected chi connectivity index (χ2v) is 6.26. The van der Waals surface area contributed by atoms with E-state index < -0.39 is 12.2 Å². The lowest BCUT2D eigenvalue weighted by Gasteiger charge is -2.15. The van der Waals surface area contributed by atoms with Gasteiger partial charge in [0.25, 0.3) is 5.91 Å². The van der Waals surface area contributed by atoms with E-state index in [1.165, 1.54) is 0 Å². The predicted octanol–water partition coefficient (Wildman–Crippen LogP) is 0.870. The van der Waals surface area contributed by atoms with Crippen LogP contribution in [0.15, 0.2) is 55.0 Å². The van der Waals surface area contributed by atoms with Crippen LogP contribution in [-0.4, -0.2) is 60.8 Å². The van der Waals surface area contributed by atoms with Gasteiger partial charge in [0.05, 0.1) is 31.2 Å². The molecule has 8 nitrogen and oxygen atoms in total. The summed E-state index contributed by atoms with van der Waals surface area (Å²) in [5.74, 6) is 0.343. The second kappa shape index (κ2) is 6.64. The molecule has 1 fully saturated rings. The van der Waals surface area contributed by atoms with E-state index in [1.807, 2.05) is 30.3 Å². The number of carbonyl (C=O) groups excluding carboxylic acids is 1.